The van der Waals surface area contributed by atoms with E-state index < -0.39 is 0 Å². The summed E-state index contributed by atoms with van der Waals surface area (Å²) in [4.78, 5) is 4.18. The molecule has 2 heterocycles. The zero-order valence-electron chi connectivity index (χ0n) is 8.58. The molecule has 1 atom stereocenters. The summed E-state index contributed by atoms with van der Waals surface area (Å²) in [6.07, 6.45) is 1.03. The van der Waals surface area contributed by atoms with Gasteiger partial charge < -0.3 is 9.88 Å². The average molecular weight is 240 g/mol. The summed E-state index contributed by atoms with van der Waals surface area (Å²) in [5.74, 6) is -0.279. The smallest absolute Gasteiger partial charge is 0.204 e. The van der Waals surface area contributed by atoms with Crippen LogP contribution in [0.1, 0.15) is 12.5 Å². The molecular weight excluding hydrogens is 229 g/mol. The van der Waals surface area contributed by atoms with Gasteiger partial charge in [0.05, 0.1) is 17.1 Å². The molecule has 1 aliphatic rings. The highest BCUT2D eigenvalue weighted by atomic mass is 35.5. The first-order valence-electron chi connectivity index (χ1n) is 5.29. The zero-order valence-corrected chi connectivity index (χ0v) is 9.34. The maximum Gasteiger partial charge on any atom is 0.204 e. The molecule has 84 valence electrons. The summed E-state index contributed by atoms with van der Waals surface area (Å²) in [5.41, 5.74) is 1.53. The van der Waals surface area contributed by atoms with Crippen molar-refractivity contribution in [1.82, 2.24) is 14.9 Å². The second-order valence-electron chi connectivity index (χ2n) is 4.03. The lowest BCUT2D eigenvalue weighted by atomic mass is 10.2. The quantitative estimate of drug-likeness (QED) is 0.828. The van der Waals surface area contributed by atoms with Gasteiger partial charge in [-0.25, -0.2) is 9.37 Å². The number of fused-ring (bicyclic) bond motifs is 1. The van der Waals surface area contributed by atoms with Crippen molar-refractivity contribution in [2.24, 2.45) is 0 Å². The summed E-state index contributed by atoms with van der Waals surface area (Å²) in [7, 11) is 0. The van der Waals surface area contributed by atoms with Crippen LogP contribution in [0.3, 0.4) is 0 Å². The predicted octanol–water partition coefficient (Wildman–Crippen LogP) is 2.36. The van der Waals surface area contributed by atoms with Crippen molar-refractivity contribution in [1.29, 1.82) is 0 Å². The molecule has 1 aliphatic heterocycles. The van der Waals surface area contributed by atoms with Crippen molar-refractivity contribution in [3.8, 4) is 0 Å². The lowest BCUT2D eigenvalue weighted by molar-refractivity contribution is 0.562. The van der Waals surface area contributed by atoms with Crippen molar-refractivity contribution >= 4 is 22.6 Å². The molecule has 5 heteroatoms. The molecule has 0 bridgehead atoms. The molecule has 0 amide bonds. The SMILES string of the molecule is Fc1ccc2c(c1)nc(Cl)n2C1CCNC1. The molecule has 1 saturated heterocycles. The lowest BCUT2D eigenvalue weighted by Gasteiger charge is -2.12. The van der Waals surface area contributed by atoms with Gasteiger partial charge in [-0.1, -0.05) is 0 Å². The van der Waals surface area contributed by atoms with Crippen molar-refractivity contribution in [3.05, 3.63) is 29.3 Å². The van der Waals surface area contributed by atoms with E-state index in [1.54, 1.807) is 6.07 Å². The van der Waals surface area contributed by atoms with E-state index in [1.807, 2.05) is 4.57 Å². The number of halogens is 2. The number of hydrogen-bond donors (Lipinski definition) is 1. The normalized spacial score (nSPS) is 20.8. The van der Waals surface area contributed by atoms with Crippen molar-refractivity contribution in [2.75, 3.05) is 13.1 Å². The van der Waals surface area contributed by atoms with Gasteiger partial charge in [-0.15, -0.1) is 0 Å². The average Bonchev–Trinajstić information content (AvgIpc) is 2.83. The highest BCUT2D eigenvalue weighted by molar-refractivity contribution is 6.29. The van der Waals surface area contributed by atoms with E-state index in [1.165, 1.54) is 12.1 Å². The molecule has 0 aliphatic carbocycles. The number of benzene rings is 1. The number of rotatable bonds is 1. The third-order valence-electron chi connectivity index (χ3n) is 3.01. The largest absolute Gasteiger partial charge is 0.315 e. The second kappa shape index (κ2) is 3.71. The van der Waals surface area contributed by atoms with Crippen LogP contribution in [0.4, 0.5) is 4.39 Å². The number of hydrogen-bond acceptors (Lipinski definition) is 2. The van der Waals surface area contributed by atoms with Crippen molar-refractivity contribution < 1.29 is 4.39 Å². The van der Waals surface area contributed by atoms with Gasteiger partial charge in [0.25, 0.3) is 0 Å². The summed E-state index contributed by atoms with van der Waals surface area (Å²) in [6, 6.07) is 4.92. The van der Waals surface area contributed by atoms with Gasteiger partial charge in [0.1, 0.15) is 5.82 Å². The second-order valence-corrected chi connectivity index (χ2v) is 4.37. The van der Waals surface area contributed by atoms with Crippen LogP contribution in [0.15, 0.2) is 18.2 Å². The van der Waals surface area contributed by atoms with Crippen LogP contribution in [-0.4, -0.2) is 22.6 Å². The maximum atomic E-state index is 13.1. The van der Waals surface area contributed by atoms with E-state index >= 15 is 0 Å². The molecule has 2 aromatic rings. The Bertz CT molecular complexity index is 531. The first kappa shape index (κ1) is 10.1. The van der Waals surface area contributed by atoms with Gasteiger partial charge in [0.2, 0.25) is 5.28 Å². The Balaban J connectivity index is 2.18. The number of nitrogens with zero attached hydrogens (tertiary/aromatic N) is 2. The number of nitrogens with one attached hydrogen (secondary N) is 1. The van der Waals surface area contributed by atoms with Gasteiger partial charge in [-0.3, -0.25) is 0 Å². The Hall–Kier alpha value is -1.13. The van der Waals surface area contributed by atoms with Crippen LogP contribution in [0.2, 0.25) is 5.28 Å². The van der Waals surface area contributed by atoms with Gasteiger partial charge in [-0.2, -0.15) is 0 Å². The molecule has 0 radical (unpaired) electrons. The molecule has 3 rings (SSSR count). The maximum absolute atomic E-state index is 13.1. The number of imidazole rings is 1. The Labute approximate surface area is 97.2 Å². The molecule has 1 aromatic carbocycles. The van der Waals surface area contributed by atoms with E-state index in [0.29, 0.717) is 16.8 Å². The van der Waals surface area contributed by atoms with E-state index in [0.717, 1.165) is 25.0 Å². The van der Waals surface area contributed by atoms with Crippen LogP contribution in [-0.2, 0) is 0 Å². The van der Waals surface area contributed by atoms with E-state index in [2.05, 4.69) is 10.3 Å². The summed E-state index contributed by atoms with van der Waals surface area (Å²) in [5, 5.41) is 3.72. The zero-order chi connectivity index (χ0) is 11.1. The topological polar surface area (TPSA) is 29.9 Å². The minimum absolute atomic E-state index is 0.279. The molecule has 1 aromatic heterocycles. The highest BCUT2D eigenvalue weighted by Gasteiger charge is 2.21. The lowest BCUT2D eigenvalue weighted by Crippen LogP contribution is -2.13. The Kier molecular flexibility index (Phi) is 2.33. The minimum Gasteiger partial charge on any atom is -0.315 e. The Morgan fingerprint density at radius 3 is 3.12 bits per heavy atom. The van der Waals surface area contributed by atoms with E-state index in [4.69, 9.17) is 11.6 Å². The van der Waals surface area contributed by atoms with Gasteiger partial charge in [-0.05, 0) is 36.7 Å². The number of aromatic nitrogens is 2. The molecule has 1 unspecified atom stereocenters. The van der Waals surface area contributed by atoms with Crippen LogP contribution in [0.5, 0.6) is 0 Å². The fourth-order valence-electron chi connectivity index (χ4n) is 2.25. The summed E-state index contributed by atoms with van der Waals surface area (Å²) >= 11 is 6.10. The van der Waals surface area contributed by atoms with Gasteiger partial charge in [0, 0.05) is 12.6 Å². The van der Waals surface area contributed by atoms with Gasteiger partial charge in [0.15, 0.2) is 0 Å². The molecule has 16 heavy (non-hydrogen) atoms. The predicted molar refractivity (Wildman–Crippen MR) is 61.2 cm³/mol. The fourth-order valence-corrected chi connectivity index (χ4v) is 2.57. The summed E-state index contributed by atoms with van der Waals surface area (Å²) in [6.45, 7) is 1.88. The fraction of sp³-hybridized carbons (Fsp3) is 0.364. The van der Waals surface area contributed by atoms with Crippen molar-refractivity contribution in [3.63, 3.8) is 0 Å². The molecular formula is C11H11ClFN3. The Morgan fingerprint density at radius 2 is 2.38 bits per heavy atom. The summed E-state index contributed by atoms with van der Waals surface area (Å²) < 4.78 is 15.0. The monoisotopic (exact) mass is 239 g/mol. The molecule has 1 N–H and O–H groups in total. The first-order chi connectivity index (χ1) is 7.75. The third-order valence-corrected chi connectivity index (χ3v) is 3.27. The minimum atomic E-state index is -0.279. The molecule has 0 saturated carbocycles. The van der Waals surface area contributed by atoms with E-state index in [-0.39, 0.29) is 5.82 Å². The molecule has 3 nitrogen and oxygen atoms in total. The standard InChI is InChI=1S/C11H11ClFN3/c12-11-15-9-5-7(13)1-2-10(9)16(11)8-3-4-14-6-8/h1-2,5,8,14H,3-4,6H2. The molecule has 0 spiro atoms. The van der Waals surface area contributed by atoms with E-state index in [9.17, 15) is 4.39 Å². The Morgan fingerprint density at radius 1 is 1.50 bits per heavy atom. The first-order valence-corrected chi connectivity index (χ1v) is 5.67. The van der Waals surface area contributed by atoms with Crippen LogP contribution >= 0.6 is 11.6 Å². The van der Waals surface area contributed by atoms with Crippen LogP contribution in [0.25, 0.3) is 11.0 Å². The van der Waals surface area contributed by atoms with Crippen LogP contribution < -0.4 is 5.32 Å². The molecule has 1 fully saturated rings. The van der Waals surface area contributed by atoms with Crippen molar-refractivity contribution in [2.45, 2.75) is 12.5 Å². The van der Waals surface area contributed by atoms with Crippen LogP contribution in [0, 0.1) is 5.82 Å². The highest BCUT2D eigenvalue weighted by Crippen LogP contribution is 2.27. The third kappa shape index (κ3) is 1.49. The van der Waals surface area contributed by atoms with Gasteiger partial charge >= 0.3 is 0 Å².